The Balaban J connectivity index is 1.88. The van der Waals surface area contributed by atoms with Crippen molar-refractivity contribution >= 4 is 11.6 Å². The summed E-state index contributed by atoms with van der Waals surface area (Å²) in [6.07, 6.45) is 0.941. The molecular formula is C18H16O3. The number of ketones is 2. The van der Waals surface area contributed by atoms with Crippen LogP contribution in [0.25, 0.3) is 0 Å². The van der Waals surface area contributed by atoms with Crippen LogP contribution in [0.15, 0.2) is 48.5 Å². The van der Waals surface area contributed by atoms with Crippen molar-refractivity contribution in [2.75, 3.05) is 6.61 Å². The molecule has 0 unspecified atom stereocenters. The van der Waals surface area contributed by atoms with E-state index in [1.807, 2.05) is 19.1 Å². The number of carbonyl (C=O) groups is 2. The van der Waals surface area contributed by atoms with E-state index in [1.165, 1.54) is 0 Å². The minimum Gasteiger partial charge on any atom is -0.494 e. The lowest BCUT2D eigenvalue weighted by atomic mass is 9.94. The summed E-state index contributed by atoms with van der Waals surface area (Å²) in [5.74, 6) is -0.172. The molecule has 1 aliphatic rings. The predicted octanol–water partition coefficient (Wildman–Crippen LogP) is 3.64. The molecule has 2 aromatic rings. The smallest absolute Gasteiger partial charge is 0.178 e. The second-order valence-electron chi connectivity index (χ2n) is 5.12. The number of hydrogen-bond donors (Lipinski definition) is 0. The Morgan fingerprint density at radius 3 is 2.00 bits per heavy atom. The number of fused-ring (bicyclic) bond motifs is 1. The van der Waals surface area contributed by atoms with Gasteiger partial charge in [0, 0.05) is 11.1 Å². The van der Waals surface area contributed by atoms with E-state index in [0.717, 1.165) is 17.7 Å². The molecule has 2 aromatic carbocycles. The zero-order chi connectivity index (χ0) is 14.8. The van der Waals surface area contributed by atoms with Crippen LogP contribution in [0.3, 0.4) is 0 Å². The molecule has 0 amide bonds. The Kier molecular flexibility index (Phi) is 3.57. The molecule has 0 N–H and O–H groups in total. The third kappa shape index (κ3) is 2.35. The summed E-state index contributed by atoms with van der Waals surface area (Å²) in [5, 5.41) is 0. The van der Waals surface area contributed by atoms with Gasteiger partial charge in [-0.3, -0.25) is 9.59 Å². The number of Topliss-reactive ketones (excluding diaryl/α,β-unsaturated/α-hetero) is 2. The van der Waals surface area contributed by atoms with Crippen molar-refractivity contribution in [3.8, 4) is 5.75 Å². The second-order valence-corrected chi connectivity index (χ2v) is 5.12. The maximum Gasteiger partial charge on any atom is 0.178 e. The SMILES string of the molecule is CCCOc1ccc(C2C(=O)c3ccccc3C2=O)cc1. The lowest BCUT2D eigenvalue weighted by Gasteiger charge is -2.09. The van der Waals surface area contributed by atoms with Crippen molar-refractivity contribution < 1.29 is 14.3 Å². The van der Waals surface area contributed by atoms with Crippen LogP contribution in [0.5, 0.6) is 5.75 Å². The fraction of sp³-hybridized carbons (Fsp3) is 0.222. The van der Waals surface area contributed by atoms with Crippen LogP contribution in [-0.4, -0.2) is 18.2 Å². The molecule has 0 atom stereocenters. The molecule has 0 spiro atoms. The van der Waals surface area contributed by atoms with E-state index >= 15 is 0 Å². The number of ether oxygens (including phenoxy) is 1. The normalized spacial score (nSPS) is 14.3. The number of rotatable bonds is 4. The molecule has 21 heavy (non-hydrogen) atoms. The van der Waals surface area contributed by atoms with Crippen LogP contribution < -0.4 is 4.74 Å². The Morgan fingerprint density at radius 2 is 1.48 bits per heavy atom. The first-order valence-corrected chi connectivity index (χ1v) is 7.12. The van der Waals surface area contributed by atoms with E-state index < -0.39 is 5.92 Å². The topological polar surface area (TPSA) is 43.4 Å². The maximum atomic E-state index is 12.4. The van der Waals surface area contributed by atoms with Gasteiger partial charge in [0.15, 0.2) is 11.6 Å². The van der Waals surface area contributed by atoms with Crippen molar-refractivity contribution in [3.63, 3.8) is 0 Å². The molecule has 0 heterocycles. The highest BCUT2D eigenvalue weighted by Gasteiger charge is 2.39. The summed E-state index contributed by atoms with van der Waals surface area (Å²) in [6.45, 7) is 2.70. The van der Waals surface area contributed by atoms with Gasteiger partial charge >= 0.3 is 0 Å². The Labute approximate surface area is 123 Å². The van der Waals surface area contributed by atoms with Gasteiger partial charge in [0.1, 0.15) is 11.7 Å². The first-order valence-electron chi connectivity index (χ1n) is 7.12. The van der Waals surface area contributed by atoms with Gasteiger partial charge in [-0.25, -0.2) is 0 Å². The van der Waals surface area contributed by atoms with Crippen molar-refractivity contribution in [2.45, 2.75) is 19.3 Å². The quantitative estimate of drug-likeness (QED) is 0.803. The van der Waals surface area contributed by atoms with Crippen LogP contribution in [0.2, 0.25) is 0 Å². The summed E-state index contributed by atoms with van der Waals surface area (Å²) < 4.78 is 5.52. The van der Waals surface area contributed by atoms with Crippen molar-refractivity contribution in [2.24, 2.45) is 0 Å². The minimum atomic E-state index is -0.706. The van der Waals surface area contributed by atoms with Gasteiger partial charge in [-0.1, -0.05) is 43.3 Å². The van der Waals surface area contributed by atoms with Crippen molar-refractivity contribution in [3.05, 3.63) is 65.2 Å². The monoisotopic (exact) mass is 280 g/mol. The minimum absolute atomic E-state index is 0.113. The largest absolute Gasteiger partial charge is 0.494 e. The zero-order valence-electron chi connectivity index (χ0n) is 11.8. The van der Waals surface area contributed by atoms with Crippen molar-refractivity contribution in [1.29, 1.82) is 0 Å². The molecule has 3 nitrogen and oxygen atoms in total. The maximum absolute atomic E-state index is 12.4. The highest BCUT2D eigenvalue weighted by Crippen LogP contribution is 2.34. The molecular weight excluding hydrogens is 264 g/mol. The molecule has 0 radical (unpaired) electrons. The first-order chi connectivity index (χ1) is 10.2. The molecule has 0 saturated heterocycles. The van der Waals surface area contributed by atoms with E-state index in [-0.39, 0.29) is 11.6 Å². The van der Waals surface area contributed by atoms with Gasteiger partial charge in [-0.05, 0) is 24.1 Å². The summed E-state index contributed by atoms with van der Waals surface area (Å²) in [4.78, 5) is 24.8. The van der Waals surface area contributed by atoms with Crippen LogP contribution in [-0.2, 0) is 0 Å². The van der Waals surface area contributed by atoms with Gasteiger partial charge < -0.3 is 4.74 Å². The van der Waals surface area contributed by atoms with Gasteiger partial charge in [0.05, 0.1) is 6.61 Å². The van der Waals surface area contributed by atoms with Crippen LogP contribution in [0, 0.1) is 0 Å². The Bertz CT molecular complexity index is 651. The Morgan fingerprint density at radius 1 is 0.905 bits per heavy atom. The molecule has 0 saturated carbocycles. The summed E-state index contributed by atoms with van der Waals surface area (Å²) in [5.41, 5.74) is 1.78. The van der Waals surface area contributed by atoms with Gasteiger partial charge in [0.25, 0.3) is 0 Å². The average molecular weight is 280 g/mol. The summed E-state index contributed by atoms with van der Waals surface area (Å²) in [7, 11) is 0. The fourth-order valence-corrected chi connectivity index (χ4v) is 2.62. The molecule has 3 rings (SSSR count). The Hall–Kier alpha value is -2.42. The number of hydrogen-bond acceptors (Lipinski definition) is 3. The lowest BCUT2D eigenvalue weighted by Crippen LogP contribution is -2.12. The van der Waals surface area contributed by atoms with Crippen LogP contribution in [0.1, 0.15) is 45.5 Å². The molecule has 0 bridgehead atoms. The predicted molar refractivity (Wildman–Crippen MR) is 80.1 cm³/mol. The average Bonchev–Trinajstić information content (AvgIpc) is 2.78. The van der Waals surface area contributed by atoms with E-state index in [1.54, 1.807) is 36.4 Å². The third-order valence-electron chi connectivity index (χ3n) is 3.67. The second kappa shape index (κ2) is 5.52. The van der Waals surface area contributed by atoms with E-state index in [4.69, 9.17) is 4.74 Å². The molecule has 1 aliphatic carbocycles. The molecule has 0 aliphatic heterocycles. The molecule has 106 valence electrons. The lowest BCUT2D eigenvalue weighted by molar-refractivity contribution is 0.0890. The molecule has 3 heteroatoms. The third-order valence-corrected chi connectivity index (χ3v) is 3.67. The number of carbonyl (C=O) groups excluding carboxylic acids is 2. The van der Waals surface area contributed by atoms with Gasteiger partial charge in [-0.15, -0.1) is 0 Å². The molecule has 0 fully saturated rings. The van der Waals surface area contributed by atoms with Gasteiger partial charge in [0.2, 0.25) is 0 Å². The van der Waals surface area contributed by atoms with Crippen LogP contribution >= 0.6 is 0 Å². The van der Waals surface area contributed by atoms with Crippen LogP contribution in [0.4, 0.5) is 0 Å². The molecule has 0 aromatic heterocycles. The fourth-order valence-electron chi connectivity index (χ4n) is 2.62. The summed E-state index contributed by atoms with van der Waals surface area (Å²) in [6, 6.07) is 14.2. The van der Waals surface area contributed by atoms with Crippen molar-refractivity contribution in [1.82, 2.24) is 0 Å². The zero-order valence-corrected chi connectivity index (χ0v) is 11.8. The summed E-state index contributed by atoms with van der Waals surface area (Å²) >= 11 is 0. The first kappa shape index (κ1) is 13.6. The highest BCUT2D eigenvalue weighted by atomic mass is 16.5. The van der Waals surface area contributed by atoms with Gasteiger partial charge in [-0.2, -0.15) is 0 Å². The van der Waals surface area contributed by atoms with E-state index in [2.05, 4.69) is 0 Å². The highest BCUT2D eigenvalue weighted by molar-refractivity contribution is 6.29. The number of benzene rings is 2. The standard InChI is InChI=1S/C18H16O3/c1-2-11-21-13-9-7-12(8-10-13)16-17(19)14-5-3-4-6-15(14)18(16)20/h3-10,16H,2,11H2,1H3. The van der Waals surface area contributed by atoms with E-state index in [9.17, 15) is 9.59 Å². The van der Waals surface area contributed by atoms with E-state index in [0.29, 0.717) is 17.7 Å².